The standard InChI is InChI=1S/C26H25NO5/c28-21-17-27(26(29)20-9-4-8-19(16-20)18-6-2-1-3-7-18)13-12-22(21)32-24-11-5-10-23-25(24)31-15-14-30-23/h1-11,16,21-22,28H,12-15,17H2/t21-,22-/m1/s1. The lowest BCUT2D eigenvalue weighted by molar-refractivity contribution is -0.0214. The van der Waals surface area contributed by atoms with Gasteiger partial charge in [0, 0.05) is 18.5 Å². The molecule has 2 atom stereocenters. The summed E-state index contributed by atoms with van der Waals surface area (Å²) in [5.41, 5.74) is 2.67. The van der Waals surface area contributed by atoms with Crippen molar-refractivity contribution in [1.29, 1.82) is 0 Å². The number of hydrogen-bond donors (Lipinski definition) is 1. The average Bonchev–Trinajstić information content (AvgIpc) is 2.85. The van der Waals surface area contributed by atoms with Crippen molar-refractivity contribution in [3.63, 3.8) is 0 Å². The molecule has 0 unspecified atom stereocenters. The maximum Gasteiger partial charge on any atom is 0.253 e. The molecule has 1 fully saturated rings. The lowest BCUT2D eigenvalue weighted by Gasteiger charge is -2.36. The molecule has 0 radical (unpaired) electrons. The van der Waals surface area contributed by atoms with E-state index in [0.29, 0.717) is 49.0 Å². The van der Waals surface area contributed by atoms with Gasteiger partial charge in [-0.3, -0.25) is 4.79 Å². The van der Waals surface area contributed by atoms with Gasteiger partial charge in [-0.15, -0.1) is 0 Å². The smallest absolute Gasteiger partial charge is 0.253 e. The molecule has 6 nitrogen and oxygen atoms in total. The lowest BCUT2D eigenvalue weighted by Crippen LogP contribution is -2.51. The third kappa shape index (κ3) is 4.14. The second-order valence-electron chi connectivity index (χ2n) is 7.99. The summed E-state index contributed by atoms with van der Waals surface area (Å²) in [5.74, 6) is 1.69. The van der Waals surface area contributed by atoms with Crippen LogP contribution in [0.1, 0.15) is 16.8 Å². The van der Waals surface area contributed by atoms with Crippen molar-refractivity contribution in [3.05, 3.63) is 78.4 Å². The number of ether oxygens (including phenoxy) is 3. The molecule has 2 aliphatic heterocycles. The molecule has 6 heteroatoms. The third-order valence-electron chi connectivity index (χ3n) is 5.83. The third-order valence-corrected chi connectivity index (χ3v) is 5.83. The van der Waals surface area contributed by atoms with Gasteiger partial charge >= 0.3 is 0 Å². The number of rotatable bonds is 4. The van der Waals surface area contributed by atoms with Gasteiger partial charge in [0.1, 0.15) is 25.4 Å². The zero-order valence-electron chi connectivity index (χ0n) is 17.6. The van der Waals surface area contributed by atoms with Crippen LogP contribution < -0.4 is 14.2 Å². The van der Waals surface area contributed by atoms with E-state index in [9.17, 15) is 9.90 Å². The molecule has 0 spiro atoms. The van der Waals surface area contributed by atoms with Crippen LogP contribution in [0.4, 0.5) is 0 Å². The summed E-state index contributed by atoms with van der Waals surface area (Å²) in [6.07, 6.45) is -0.701. The Bertz CT molecular complexity index is 1100. The molecule has 32 heavy (non-hydrogen) atoms. The number of aliphatic hydroxyl groups is 1. The summed E-state index contributed by atoms with van der Waals surface area (Å²) < 4.78 is 17.4. The van der Waals surface area contributed by atoms with E-state index >= 15 is 0 Å². The number of amides is 1. The molecule has 0 bridgehead atoms. The highest BCUT2D eigenvalue weighted by Gasteiger charge is 2.33. The van der Waals surface area contributed by atoms with Crippen LogP contribution in [-0.4, -0.2) is 54.4 Å². The number of fused-ring (bicyclic) bond motifs is 1. The van der Waals surface area contributed by atoms with Crippen LogP contribution in [0.3, 0.4) is 0 Å². The van der Waals surface area contributed by atoms with Gasteiger partial charge in [-0.25, -0.2) is 0 Å². The second-order valence-corrected chi connectivity index (χ2v) is 7.99. The van der Waals surface area contributed by atoms with Gasteiger partial charge in [0.15, 0.2) is 11.5 Å². The molecule has 1 saturated heterocycles. The predicted octanol–water partition coefficient (Wildman–Crippen LogP) is 3.78. The van der Waals surface area contributed by atoms with Crippen LogP contribution in [0, 0.1) is 0 Å². The molecule has 2 heterocycles. The zero-order chi connectivity index (χ0) is 21.9. The van der Waals surface area contributed by atoms with Crippen molar-refractivity contribution in [2.45, 2.75) is 18.6 Å². The van der Waals surface area contributed by atoms with Crippen molar-refractivity contribution in [2.75, 3.05) is 26.3 Å². The number of piperidine rings is 1. The Kier molecular flexibility index (Phi) is 5.69. The van der Waals surface area contributed by atoms with Crippen molar-refractivity contribution < 1.29 is 24.1 Å². The minimum atomic E-state index is -0.801. The van der Waals surface area contributed by atoms with E-state index in [-0.39, 0.29) is 12.5 Å². The summed E-state index contributed by atoms with van der Waals surface area (Å²) in [5, 5.41) is 10.7. The highest BCUT2D eigenvalue weighted by molar-refractivity contribution is 5.95. The topological polar surface area (TPSA) is 68.2 Å². The molecule has 3 aromatic rings. The van der Waals surface area contributed by atoms with E-state index in [0.717, 1.165) is 11.1 Å². The molecule has 2 aliphatic rings. The van der Waals surface area contributed by atoms with Crippen molar-refractivity contribution in [2.24, 2.45) is 0 Å². The molecule has 0 aliphatic carbocycles. The van der Waals surface area contributed by atoms with E-state index in [1.807, 2.05) is 72.8 Å². The highest BCUT2D eigenvalue weighted by Crippen LogP contribution is 2.40. The fourth-order valence-corrected chi connectivity index (χ4v) is 4.18. The van der Waals surface area contributed by atoms with Crippen LogP contribution in [0.2, 0.25) is 0 Å². The van der Waals surface area contributed by atoms with Crippen molar-refractivity contribution >= 4 is 5.91 Å². The van der Waals surface area contributed by atoms with Crippen LogP contribution in [0.25, 0.3) is 11.1 Å². The second kappa shape index (κ2) is 8.93. The maximum absolute atomic E-state index is 13.1. The Hall–Kier alpha value is -3.51. The minimum absolute atomic E-state index is 0.0888. The molecule has 5 rings (SSSR count). The summed E-state index contributed by atoms with van der Waals surface area (Å²) in [6, 6.07) is 23.1. The first kappa shape index (κ1) is 20.4. The van der Waals surface area contributed by atoms with E-state index in [4.69, 9.17) is 14.2 Å². The Morgan fingerprint density at radius 3 is 2.56 bits per heavy atom. The molecule has 164 valence electrons. The number of likely N-dealkylation sites (tertiary alicyclic amines) is 1. The summed E-state index contributed by atoms with van der Waals surface area (Å²) >= 11 is 0. The minimum Gasteiger partial charge on any atom is -0.486 e. The molecule has 1 N–H and O–H groups in total. The Balaban J connectivity index is 1.26. The first-order valence-electron chi connectivity index (χ1n) is 10.9. The van der Waals surface area contributed by atoms with E-state index < -0.39 is 12.2 Å². The van der Waals surface area contributed by atoms with E-state index in [1.165, 1.54) is 0 Å². The predicted molar refractivity (Wildman–Crippen MR) is 120 cm³/mol. The fourth-order valence-electron chi connectivity index (χ4n) is 4.18. The van der Waals surface area contributed by atoms with Crippen LogP contribution >= 0.6 is 0 Å². The molecule has 0 aromatic heterocycles. The normalized spacial score (nSPS) is 20.0. The number of β-amino-alcohol motifs (C(OH)–C–C–N with tert-alkyl or cyclic N) is 1. The lowest BCUT2D eigenvalue weighted by atomic mass is 10.0. The number of aliphatic hydroxyl groups excluding tert-OH is 1. The van der Waals surface area contributed by atoms with Gasteiger partial charge in [-0.05, 0) is 35.4 Å². The number of hydrogen-bond acceptors (Lipinski definition) is 5. The van der Waals surface area contributed by atoms with Crippen molar-refractivity contribution in [1.82, 2.24) is 4.90 Å². The first-order valence-corrected chi connectivity index (χ1v) is 10.9. The number of carbonyl (C=O) groups is 1. The highest BCUT2D eigenvalue weighted by atomic mass is 16.6. The van der Waals surface area contributed by atoms with Gasteiger partial charge in [0.25, 0.3) is 5.91 Å². The first-order chi connectivity index (χ1) is 15.7. The number of benzene rings is 3. The van der Waals surface area contributed by atoms with Crippen molar-refractivity contribution in [3.8, 4) is 28.4 Å². The van der Waals surface area contributed by atoms with Gasteiger partial charge in [0.05, 0.1) is 6.54 Å². The Morgan fingerprint density at radius 2 is 1.72 bits per heavy atom. The van der Waals surface area contributed by atoms with E-state index in [1.54, 1.807) is 4.90 Å². The van der Waals surface area contributed by atoms with E-state index in [2.05, 4.69) is 0 Å². The SMILES string of the molecule is O=C(c1cccc(-c2ccccc2)c1)N1CC[C@@H](Oc2cccc3c2OCCO3)[C@H](O)C1. The fraction of sp³-hybridized carbons (Fsp3) is 0.269. The van der Waals surface area contributed by atoms with Gasteiger partial charge in [-0.2, -0.15) is 0 Å². The number of carbonyl (C=O) groups excluding carboxylic acids is 1. The zero-order valence-corrected chi connectivity index (χ0v) is 17.6. The average molecular weight is 431 g/mol. The monoisotopic (exact) mass is 431 g/mol. The molecular weight excluding hydrogens is 406 g/mol. The summed E-state index contributed by atoms with van der Waals surface area (Å²) in [6.45, 7) is 1.68. The maximum atomic E-state index is 13.1. The molecule has 0 saturated carbocycles. The number of nitrogens with zero attached hydrogens (tertiary/aromatic N) is 1. The molecule has 3 aromatic carbocycles. The summed E-state index contributed by atoms with van der Waals surface area (Å²) in [7, 11) is 0. The van der Waals surface area contributed by atoms with Gasteiger partial charge in [0.2, 0.25) is 5.75 Å². The summed E-state index contributed by atoms with van der Waals surface area (Å²) in [4.78, 5) is 14.8. The Labute approximate surface area is 187 Å². The largest absolute Gasteiger partial charge is 0.486 e. The number of para-hydroxylation sites is 1. The van der Waals surface area contributed by atoms with Gasteiger partial charge < -0.3 is 24.2 Å². The Morgan fingerprint density at radius 1 is 0.938 bits per heavy atom. The van der Waals surface area contributed by atoms with Crippen LogP contribution in [-0.2, 0) is 0 Å². The van der Waals surface area contributed by atoms with Crippen LogP contribution in [0.15, 0.2) is 72.8 Å². The molecular formula is C26H25NO5. The van der Waals surface area contributed by atoms with Crippen LogP contribution in [0.5, 0.6) is 17.2 Å². The quantitative estimate of drug-likeness (QED) is 0.681. The molecule has 1 amide bonds. The van der Waals surface area contributed by atoms with Gasteiger partial charge in [-0.1, -0.05) is 48.5 Å².